The molecule has 0 atom stereocenters. The monoisotopic (exact) mass is 368 g/mol. The summed E-state index contributed by atoms with van der Waals surface area (Å²) in [4.78, 5) is 36.0. The fourth-order valence-corrected chi connectivity index (χ4v) is 2.31. The molecular formula is C15H11F3N4O4. The highest BCUT2D eigenvalue weighted by Crippen LogP contribution is 2.29. The molecule has 26 heavy (non-hydrogen) atoms. The zero-order valence-electron chi connectivity index (χ0n) is 13.0. The second-order valence-corrected chi connectivity index (χ2v) is 5.41. The van der Waals surface area contributed by atoms with E-state index in [9.17, 15) is 27.6 Å². The molecule has 0 saturated carbocycles. The lowest BCUT2D eigenvalue weighted by molar-refractivity contribution is -0.139. The minimum Gasteiger partial charge on any atom is -0.406 e. The van der Waals surface area contributed by atoms with Crippen molar-refractivity contribution in [2.24, 2.45) is 0 Å². The minimum atomic E-state index is -4.58. The third-order valence-corrected chi connectivity index (χ3v) is 3.59. The second-order valence-electron chi connectivity index (χ2n) is 5.41. The molecule has 0 spiro atoms. The molecule has 1 N–H and O–H groups in total. The van der Waals surface area contributed by atoms with Gasteiger partial charge in [-0.25, -0.2) is 0 Å². The number of aromatic nitrogens is 2. The Bertz CT molecular complexity index is 862. The Morgan fingerprint density at radius 1 is 1.19 bits per heavy atom. The van der Waals surface area contributed by atoms with E-state index in [1.807, 2.05) is 0 Å². The first-order valence-corrected chi connectivity index (χ1v) is 7.38. The molecule has 1 aliphatic heterocycles. The van der Waals surface area contributed by atoms with Crippen molar-refractivity contribution in [3.8, 4) is 0 Å². The van der Waals surface area contributed by atoms with E-state index in [1.165, 1.54) is 6.07 Å². The summed E-state index contributed by atoms with van der Waals surface area (Å²) in [7, 11) is 0. The van der Waals surface area contributed by atoms with E-state index < -0.39 is 17.6 Å². The SMILES string of the molecule is O=C(Nc1nnc(CN2C(=O)CCC2=O)o1)c1cccc(C(F)(F)F)c1. The van der Waals surface area contributed by atoms with Crippen molar-refractivity contribution in [1.29, 1.82) is 0 Å². The average molecular weight is 368 g/mol. The maximum absolute atomic E-state index is 12.7. The van der Waals surface area contributed by atoms with Crippen LogP contribution < -0.4 is 5.32 Å². The van der Waals surface area contributed by atoms with Gasteiger partial charge in [-0.3, -0.25) is 24.6 Å². The van der Waals surface area contributed by atoms with Gasteiger partial charge in [0, 0.05) is 18.4 Å². The maximum Gasteiger partial charge on any atom is 0.416 e. The highest BCUT2D eigenvalue weighted by atomic mass is 19.4. The first kappa shape index (κ1) is 17.6. The van der Waals surface area contributed by atoms with Gasteiger partial charge in [-0.15, -0.1) is 5.10 Å². The number of nitrogens with zero attached hydrogens (tertiary/aromatic N) is 3. The lowest BCUT2D eigenvalue weighted by Gasteiger charge is -2.09. The Morgan fingerprint density at radius 2 is 1.88 bits per heavy atom. The number of carbonyl (C=O) groups excluding carboxylic acids is 3. The van der Waals surface area contributed by atoms with Crippen LogP contribution in [-0.2, 0) is 22.3 Å². The molecule has 2 aromatic rings. The molecule has 0 aliphatic carbocycles. The predicted molar refractivity (Wildman–Crippen MR) is 78.5 cm³/mol. The summed E-state index contributed by atoms with van der Waals surface area (Å²) in [6, 6.07) is 3.46. The minimum absolute atomic E-state index is 0.0899. The van der Waals surface area contributed by atoms with Crippen LogP contribution in [0.25, 0.3) is 0 Å². The van der Waals surface area contributed by atoms with E-state index in [2.05, 4.69) is 15.5 Å². The number of alkyl halides is 3. The van der Waals surface area contributed by atoms with Crippen LogP contribution in [0.15, 0.2) is 28.7 Å². The summed E-state index contributed by atoms with van der Waals surface area (Å²) in [5.74, 6) is -1.71. The van der Waals surface area contributed by atoms with Crippen molar-refractivity contribution in [2.45, 2.75) is 25.6 Å². The maximum atomic E-state index is 12.7. The van der Waals surface area contributed by atoms with Gasteiger partial charge in [-0.2, -0.15) is 13.2 Å². The van der Waals surface area contributed by atoms with Gasteiger partial charge in [-0.05, 0) is 18.2 Å². The fourth-order valence-electron chi connectivity index (χ4n) is 2.31. The molecule has 0 bridgehead atoms. The van der Waals surface area contributed by atoms with Crippen LogP contribution in [0.5, 0.6) is 0 Å². The molecule has 2 heterocycles. The summed E-state index contributed by atoms with van der Waals surface area (Å²) in [5, 5.41) is 9.29. The number of benzene rings is 1. The van der Waals surface area contributed by atoms with Crippen molar-refractivity contribution >= 4 is 23.7 Å². The van der Waals surface area contributed by atoms with Gasteiger partial charge in [0.15, 0.2) is 0 Å². The number of halogens is 3. The lowest BCUT2D eigenvalue weighted by atomic mass is 10.1. The largest absolute Gasteiger partial charge is 0.416 e. The molecule has 0 unspecified atom stereocenters. The van der Waals surface area contributed by atoms with Crippen LogP contribution in [0.1, 0.15) is 34.7 Å². The van der Waals surface area contributed by atoms with Crippen molar-refractivity contribution in [3.63, 3.8) is 0 Å². The summed E-state index contributed by atoms with van der Waals surface area (Å²) in [5.41, 5.74) is -1.22. The molecule has 1 saturated heterocycles. The summed E-state index contributed by atoms with van der Waals surface area (Å²) >= 11 is 0. The van der Waals surface area contributed by atoms with Crippen molar-refractivity contribution in [1.82, 2.24) is 15.1 Å². The molecule has 1 aromatic heterocycles. The van der Waals surface area contributed by atoms with Crippen molar-refractivity contribution < 1.29 is 32.0 Å². The molecular weight excluding hydrogens is 357 g/mol. The highest BCUT2D eigenvalue weighted by Gasteiger charge is 2.32. The molecule has 8 nitrogen and oxygen atoms in total. The third-order valence-electron chi connectivity index (χ3n) is 3.59. The molecule has 1 fully saturated rings. The van der Waals surface area contributed by atoms with Gasteiger partial charge >= 0.3 is 12.2 Å². The van der Waals surface area contributed by atoms with Gasteiger partial charge in [0.05, 0.1) is 5.56 Å². The molecule has 3 amide bonds. The standard InChI is InChI=1S/C15H11F3N4O4/c16-15(17,18)9-3-1-2-8(6-9)13(25)19-14-21-20-10(26-14)7-22-11(23)4-5-12(22)24/h1-3,6H,4-5,7H2,(H,19,21,25). The number of nitrogens with one attached hydrogen (secondary N) is 1. The van der Waals surface area contributed by atoms with E-state index in [4.69, 9.17) is 4.42 Å². The summed E-state index contributed by atoms with van der Waals surface area (Å²) in [6.07, 6.45) is -4.37. The number of rotatable bonds is 4. The van der Waals surface area contributed by atoms with E-state index in [0.717, 1.165) is 17.0 Å². The van der Waals surface area contributed by atoms with Gasteiger partial charge in [0.1, 0.15) is 6.54 Å². The molecule has 136 valence electrons. The number of hydrogen-bond donors (Lipinski definition) is 1. The highest BCUT2D eigenvalue weighted by molar-refractivity contribution is 6.03. The molecule has 11 heteroatoms. The predicted octanol–water partition coefficient (Wildman–Crippen LogP) is 1.99. The Hall–Kier alpha value is -3.24. The normalized spacial score (nSPS) is 14.8. The van der Waals surface area contributed by atoms with Gasteiger partial charge in [0.2, 0.25) is 17.7 Å². The van der Waals surface area contributed by atoms with E-state index in [-0.39, 0.29) is 48.7 Å². The number of hydrogen-bond acceptors (Lipinski definition) is 6. The Kier molecular flexibility index (Phi) is 4.45. The zero-order valence-corrected chi connectivity index (χ0v) is 13.0. The first-order valence-electron chi connectivity index (χ1n) is 7.38. The van der Waals surface area contributed by atoms with Crippen LogP contribution in [0.2, 0.25) is 0 Å². The van der Waals surface area contributed by atoms with Crippen molar-refractivity contribution in [2.75, 3.05) is 5.32 Å². The van der Waals surface area contributed by atoms with Gasteiger partial charge in [0.25, 0.3) is 5.91 Å². The number of amides is 3. The molecule has 0 radical (unpaired) electrons. The second kappa shape index (κ2) is 6.58. The van der Waals surface area contributed by atoms with Crippen molar-refractivity contribution in [3.05, 3.63) is 41.3 Å². The average Bonchev–Trinajstić information content (AvgIpc) is 3.16. The van der Waals surface area contributed by atoms with E-state index >= 15 is 0 Å². The number of anilines is 1. The van der Waals surface area contributed by atoms with Crippen LogP contribution >= 0.6 is 0 Å². The Balaban J connectivity index is 1.68. The summed E-state index contributed by atoms with van der Waals surface area (Å²) in [6.45, 7) is -0.232. The fraction of sp³-hybridized carbons (Fsp3) is 0.267. The number of likely N-dealkylation sites (tertiary alicyclic amines) is 1. The zero-order chi connectivity index (χ0) is 18.9. The van der Waals surface area contributed by atoms with E-state index in [1.54, 1.807) is 0 Å². The Labute approximate surface area is 144 Å². The van der Waals surface area contributed by atoms with Crippen LogP contribution in [0, 0.1) is 0 Å². The smallest absolute Gasteiger partial charge is 0.406 e. The molecule has 1 aliphatic rings. The number of carbonyl (C=O) groups is 3. The van der Waals surface area contributed by atoms with Crippen LogP contribution in [0.4, 0.5) is 19.2 Å². The lowest BCUT2D eigenvalue weighted by Crippen LogP contribution is -2.28. The Morgan fingerprint density at radius 3 is 2.54 bits per heavy atom. The third kappa shape index (κ3) is 3.71. The van der Waals surface area contributed by atoms with Crippen LogP contribution in [0.3, 0.4) is 0 Å². The van der Waals surface area contributed by atoms with Gasteiger partial charge < -0.3 is 4.42 Å². The molecule has 1 aromatic carbocycles. The molecule has 3 rings (SSSR count). The quantitative estimate of drug-likeness (QED) is 0.828. The number of imide groups is 1. The van der Waals surface area contributed by atoms with Gasteiger partial charge in [-0.1, -0.05) is 11.2 Å². The van der Waals surface area contributed by atoms with Crippen LogP contribution in [-0.4, -0.2) is 32.8 Å². The summed E-state index contributed by atoms with van der Waals surface area (Å²) < 4.78 is 43.2. The van der Waals surface area contributed by atoms with E-state index in [0.29, 0.717) is 6.07 Å². The first-order chi connectivity index (χ1) is 12.2. The topological polar surface area (TPSA) is 105 Å².